The molecule has 4 rings (SSSR count). The van der Waals surface area contributed by atoms with E-state index in [1.807, 2.05) is 48.5 Å². The number of alkyl halides is 4. The minimum absolute atomic E-state index is 0.0241. The molecule has 2 N–H and O–H groups in total. The Morgan fingerprint density at radius 1 is 0.732 bits per heavy atom. The molecule has 7 nitrogen and oxygen atoms in total. The van der Waals surface area contributed by atoms with Crippen molar-refractivity contribution >= 4 is 5.91 Å². The monoisotopic (exact) mass is 570 g/mol. The van der Waals surface area contributed by atoms with Crippen LogP contribution in [0, 0.1) is 0 Å². The summed E-state index contributed by atoms with van der Waals surface area (Å²) in [6.45, 7) is 2.58. The van der Waals surface area contributed by atoms with Crippen LogP contribution < -0.4 is 0 Å². The number of aromatic amines is 2. The fourth-order valence-electron chi connectivity index (χ4n) is 4.62. The third-order valence-corrected chi connectivity index (χ3v) is 6.41. The summed E-state index contributed by atoms with van der Waals surface area (Å²) in [6.07, 6.45) is 3.46. The molecule has 11 heteroatoms. The van der Waals surface area contributed by atoms with E-state index in [1.165, 1.54) is 4.90 Å². The van der Waals surface area contributed by atoms with Crippen molar-refractivity contribution in [1.29, 1.82) is 0 Å². The van der Waals surface area contributed by atoms with Crippen LogP contribution in [0.4, 0.5) is 17.6 Å². The number of hydrogen-bond acceptors (Lipinski definition) is 4. The van der Waals surface area contributed by atoms with Gasteiger partial charge in [-0.25, -0.2) is 27.5 Å². The SMILES string of the molecule is CCC(=O)N(Cc1ncc(-c2ccc(-c3ccc(-c4cnc(CN(C)CC(C)(F)F)[nH]4)cc3)cc2)[nH]1)CC(C)(F)F. The van der Waals surface area contributed by atoms with E-state index < -0.39 is 18.4 Å². The third-order valence-electron chi connectivity index (χ3n) is 6.41. The van der Waals surface area contributed by atoms with Gasteiger partial charge in [-0.3, -0.25) is 9.69 Å². The fourth-order valence-corrected chi connectivity index (χ4v) is 4.62. The number of amides is 1. The van der Waals surface area contributed by atoms with Crippen LogP contribution in [0.25, 0.3) is 33.6 Å². The molecular formula is C30H34F4N6O. The molecule has 2 heterocycles. The highest BCUT2D eigenvalue weighted by atomic mass is 19.3. The summed E-state index contributed by atoms with van der Waals surface area (Å²) < 4.78 is 53.6. The summed E-state index contributed by atoms with van der Waals surface area (Å²) in [5.41, 5.74) is 5.32. The zero-order valence-corrected chi connectivity index (χ0v) is 23.5. The van der Waals surface area contributed by atoms with Crippen LogP contribution in [-0.4, -0.2) is 67.6 Å². The third kappa shape index (κ3) is 8.50. The maximum Gasteiger partial charge on any atom is 0.262 e. The molecule has 2 aromatic heterocycles. The van der Waals surface area contributed by atoms with E-state index in [-0.39, 0.29) is 32.0 Å². The zero-order valence-electron chi connectivity index (χ0n) is 23.5. The molecule has 2 aromatic carbocycles. The summed E-state index contributed by atoms with van der Waals surface area (Å²) in [5.74, 6) is -5.08. The molecule has 0 bridgehead atoms. The Labute approximate surface area is 236 Å². The Bertz CT molecular complexity index is 1440. The number of benzene rings is 2. The van der Waals surface area contributed by atoms with Crippen molar-refractivity contribution in [3.05, 3.63) is 72.6 Å². The Balaban J connectivity index is 1.40. The zero-order chi connectivity index (χ0) is 29.8. The predicted octanol–water partition coefficient (Wildman–Crippen LogP) is 6.61. The number of carbonyl (C=O) groups excluding carboxylic acids is 1. The number of imidazole rings is 2. The molecule has 0 saturated heterocycles. The van der Waals surface area contributed by atoms with Gasteiger partial charge in [-0.05, 0) is 29.3 Å². The van der Waals surface area contributed by atoms with Crippen molar-refractivity contribution in [2.45, 2.75) is 52.1 Å². The normalized spacial score (nSPS) is 12.2. The second-order valence-electron chi connectivity index (χ2n) is 10.6. The highest BCUT2D eigenvalue weighted by molar-refractivity contribution is 5.76. The number of hydrogen-bond donors (Lipinski definition) is 2. The van der Waals surface area contributed by atoms with Crippen LogP contribution in [0.3, 0.4) is 0 Å². The first-order valence-electron chi connectivity index (χ1n) is 13.3. The minimum Gasteiger partial charge on any atom is -0.341 e. The number of halogens is 4. The van der Waals surface area contributed by atoms with E-state index in [4.69, 9.17) is 0 Å². The van der Waals surface area contributed by atoms with Crippen LogP contribution in [-0.2, 0) is 17.9 Å². The molecule has 0 aliphatic rings. The lowest BCUT2D eigenvalue weighted by molar-refractivity contribution is -0.136. The van der Waals surface area contributed by atoms with Gasteiger partial charge in [-0.1, -0.05) is 55.5 Å². The Kier molecular flexibility index (Phi) is 8.96. The first-order valence-corrected chi connectivity index (χ1v) is 13.3. The average Bonchev–Trinajstić information content (AvgIpc) is 3.56. The number of carbonyl (C=O) groups is 1. The van der Waals surface area contributed by atoms with Gasteiger partial charge in [-0.2, -0.15) is 0 Å². The lowest BCUT2D eigenvalue weighted by Crippen LogP contribution is -2.38. The number of rotatable bonds is 12. The van der Waals surface area contributed by atoms with Crippen molar-refractivity contribution in [2.75, 3.05) is 20.1 Å². The Morgan fingerprint density at radius 2 is 1.15 bits per heavy atom. The lowest BCUT2D eigenvalue weighted by atomic mass is 10.0. The number of nitrogens with zero attached hydrogens (tertiary/aromatic N) is 4. The highest BCUT2D eigenvalue weighted by Gasteiger charge is 2.28. The molecule has 0 aliphatic carbocycles. The van der Waals surface area contributed by atoms with Crippen molar-refractivity contribution in [3.63, 3.8) is 0 Å². The van der Waals surface area contributed by atoms with Crippen LogP contribution in [0.15, 0.2) is 60.9 Å². The molecule has 218 valence electrons. The van der Waals surface area contributed by atoms with Crippen molar-refractivity contribution in [3.8, 4) is 33.6 Å². The maximum absolute atomic E-state index is 13.6. The van der Waals surface area contributed by atoms with Gasteiger partial charge < -0.3 is 14.9 Å². The van der Waals surface area contributed by atoms with Gasteiger partial charge in [0.1, 0.15) is 11.6 Å². The number of nitrogens with one attached hydrogen (secondary N) is 2. The second kappa shape index (κ2) is 12.3. The van der Waals surface area contributed by atoms with Crippen molar-refractivity contribution < 1.29 is 22.4 Å². The van der Waals surface area contributed by atoms with E-state index in [0.717, 1.165) is 52.4 Å². The smallest absolute Gasteiger partial charge is 0.262 e. The first-order chi connectivity index (χ1) is 19.3. The Hall–Kier alpha value is -3.99. The van der Waals surface area contributed by atoms with Crippen molar-refractivity contribution in [1.82, 2.24) is 29.7 Å². The standard InChI is InChI=1S/C30H34F4N6O/c1-5-28(41)40(19-30(3,33)34)17-27-36-15-25(38-27)23-12-8-21(9-13-23)20-6-10-22(11-7-20)24-14-35-26(37-24)16-39(4)18-29(2,31)32/h6-15H,5,16-19H2,1-4H3,(H,35,37)(H,36,38). The molecule has 0 aliphatic heterocycles. The first kappa shape index (κ1) is 30.0. The van der Waals surface area contributed by atoms with Gasteiger partial charge >= 0.3 is 0 Å². The molecule has 0 unspecified atom stereocenters. The van der Waals surface area contributed by atoms with Gasteiger partial charge in [0.15, 0.2) is 0 Å². The van der Waals surface area contributed by atoms with Gasteiger partial charge in [0.2, 0.25) is 5.91 Å². The van der Waals surface area contributed by atoms with Crippen LogP contribution in [0.2, 0.25) is 0 Å². The largest absolute Gasteiger partial charge is 0.341 e. The minimum atomic E-state index is -3.00. The summed E-state index contributed by atoms with van der Waals surface area (Å²) in [5, 5.41) is 0. The van der Waals surface area contributed by atoms with Gasteiger partial charge in [0.05, 0.1) is 50.0 Å². The van der Waals surface area contributed by atoms with Crippen LogP contribution in [0.1, 0.15) is 38.8 Å². The summed E-state index contributed by atoms with van der Waals surface area (Å²) in [7, 11) is 1.63. The molecule has 41 heavy (non-hydrogen) atoms. The number of aromatic nitrogens is 4. The molecule has 0 saturated carbocycles. The van der Waals surface area contributed by atoms with Gasteiger partial charge in [0, 0.05) is 20.3 Å². The predicted molar refractivity (Wildman–Crippen MR) is 150 cm³/mol. The summed E-state index contributed by atoms with van der Waals surface area (Å²) in [4.78, 5) is 29.7. The maximum atomic E-state index is 13.6. The van der Waals surface area contributed by atoms with Crippen LogP contribution in [0.5, 0.6) is 0 Å². The van der Waals surface area contributed by atoms with Gasteiger partial charge in [-0.15, -0.1) is 0 Å². The van der Waals surface area contributed by atoms with E-state index in [2.05, 4.69) is 19.9 Å². The van der Waals surface area contributed by atoms with E-state index in [0.29, 0.717) is 11.6 Å². The topological polar surface area (TPSA) is 80.9 Å². The second-order valence-corrected chi connectivity index (χ2v) is 10.6. The molecule has 0 radical (unpaired) electrons. The summed E-state index contributed by atoms with van der Waals surface area (Å²) in [6, 6.07) is 15.7. The molecule has 0 atom stereocenters. The summed E-state index contributed by atoms with van der Waals surface area (Å²) >= 11 is 0. The van der Waals surface area contributed by atoms with E-state index in [1.54, 1.807) is 26.4 Å². The van der Waals surface area contributed by atoms with Gasteiger partial charge in [0.25, 0.3) is 11.8 Å². The molecule has 0 spiro atoms. The number of H-pyrrole nitrogens is 2. The van der Waals surface area contributed by atoms with Crippen molar-refractivity contribution in [2.24, 2.45) is 0 Å². The molecular weight excluding hydrogens is 536 g/mol. The van der Waals surface area contributed by atoms with Crippen LogP contribution >= 0.6 is 0 Å². The van der Waals surface area contributed by atoms with E-state index in [9.17, 15) is 22.4 Å². The molecule has 4 aromatic rings. The lowest BCUT2D eigenvalue weighted by Gasteiger charge is -2.24. The fraction of sp³-hybridized carbons (Fsp3) is 0.367. The Morgan fingerprint density at radius 3 is 1.56 bits per heavy atom. The molecule has 1 amide bonds. The average molecular weight is 571 g/mol. The van der Waals surface area contributed by atoms with E-state index >= 15 is 0 Å². The molecule has 0 fully saturated rings. The highest BCUT2D eigenvalue weighted by Crippen LogP contribution is 2.27. The quantitative estimate of drug-likeness (QED) is 0.188.